The molecule has 1 N–H and O–H groups in total. The van der Waals surface area contributed by atoms with Gasteiger partial charge in [-0.2, -0.15) is 36.0 Å². The number of carbonyl (C=O) groups is 2. The molecule has 3 aromatic carbocycles. The highest BCUT2D eigenvalue weighted by Crippen LogP contribution is 2.56. The molecule has 2 amide bonds. The Hall–Kier alpha value is -3.97. The zero-order chi connectivity index (χ0) is 33.2. The van der Waals surface area contributed by atoms with Crippen LogP contribution in [0, 0.1) is 17.1 Å². The molecule has 234 valence electrons. The van der Waals surface area contributed by atoms with Crippen LogP contribution >= 0.6 is 27.5 Å². The molecule has 0 aliphatic carbocycles. The molecule has 0 spiro atoms. The van der Waals surface area contributed by atoms with Crippen molar-refractivity contribution in [3.05, 3.63) is 87.1 Å². The molecule has 0 fully saturated rings. The van der Waals surface area contributed by atoms with E-state index in [1.165, 1.54) is 31.2 Å². The number of hydrogen-bond acceptors (Lipinski definition) is 4. The predicted octanol–water partition coefficient (Wildman–Crippen LogP) is 8.54. The molecule has 1 unspecified atom stereocenters. The van der Waals surface area contributed by atoms with E-state index in [4.69, 9.17) is 5.26 Å². The molecule has 0 aliphatic heterocycles. The van der Waals surface area contributed by atoms with Crippen LogP contribution in [-0.4, -0.2) is 36.5 Å². The number of hydrogen-bond donors (Lipinski definition) is 1. The second kappa shape index (κ2) is 12.9. The SMILES string of the molecule is CCN(C(=O)c1ccc(C#N)cc1)c1cccc(C(=O)Nc2c(Br)cc(C(F)(C(F)(F)F)C(F)(F)Cl)cc2OC(F)F)c1F. The third kappa shape index (κ3) is 6.73. The fourth-order valence-electron chi connectivity index (χ4n) is 3.93. The number of amides is 2. The largest absolute Gasteiger partial charge is 0.434 e. The highest BCUT2D eigenvalue weighted by molar-refractivity contribution is 9.10. The van der Waals surface area contributed by atoms with Crippen LogP contribution in [0.15, 0.2) is 59.1 Å². The Morgan fingerprint density at radius 3 is 2.18 bits per heavy atom. The average Bonchev–Trinajstić information content (AvgIpc) is 2.93. The maximum atomic E-state index is 15.6. The molecule has 0 bridgehead atoms. The van der Waals surface area contributed by atoms with Crippen LogP contribution in [0.4, 0.5) is 50.9 Å². The molecule has 0 saturated carbocycles. The van der Waals surface area contributed by atoms with Crippen molar-refractivity contribution < 1.29 is 53.8 Å². The number of carbonyl (C=O) groups excluding carboxylic acids is 2. The molecule has 0 aliphatic rings. The van der Waals surface area contributed by atoms with Gasteiger partial charge in [0.2, 0.25) is 0 Å². The van der Waals surface area contributed by atoms with E-state index in [1.807, 2.05) is 11.4 Å². The summed E-state index contributed by atoms with van der Waals surface area (Å²) >= 11 is 7.04. The van der Waals surface area contributed by atoms with Gasteiger partial charge in [0.1, 0.15) is 0 Å². The molecule has 0 saturated heterocycles. The topological polar surface area (TPSA) is 82.4 Å². The second-order valence-corrected chi connectivity index (χ2v) is 10.0. The third-order valence-corrected chi connectivity index (χ3v) is 6.91. The molecule has 17 heteroatoms. The molecule has 3 aromatic rings. The minimum Gasteiger partial charge on any atom is -0.433 e. The zero-order valence-electron chi connectivity index (χ0n) is 21.8. The minimum atomic E-state index is -6.35. The van der Waals surface area contributed by atoms with E-state index < -0.39 is 74.2 Å². The number of ether oxygens (including phenoxy) is 1. The first-order chi connectivity index (χ1) is 20.4. The lowest BCUT2D eigenvalue weighted by molar-refractivity contribution is -0.286. The molecule has 6 nitrogen and oxygen atoms in total. The average molecular weight is 717 g/mol. The second-order valence-electron chi connectivity index (χ2n) is 8.70. The van der Waals surface area contributed by atoms with Crippen molar-refractivity contribution in [1.82, 2.24) is 0 Å². The van der Waals surface area contributed by atoms with Gasteiger partial charge in [-0.3, -0.25) is 9.59 Å². The van der Waals surface area contributed by atoms with E-state index in [0.29, 0.717) is 0 Å². The van der Waals surface area contributed by atoms with Gasteiger partial charge < -0.3 is 15.0 Å². The number of nitrogens with zero attached hydrogens (tertiary/aromatic N) is 2. The lowest BCUT2D eigenvalue weighted by Crippen LogP contribution is -2.49. The van der Waals surface area contributed by atoms with E-state index in [-0.39, 0.29) is 29.8 Å². The van der Waals surface area contributed by atoms with Crippen molar-refractivity contribution in [2.75, 3.05) is 16.8 Å². The summed E-state index contributed by atoms with van der Waals surface area (Å²) < 4.78 is 128. The van der Waals surface area contributed by atoms with Gasteiger partial charge >= 0.3 is 23.8 Å². The smallest absolute Gasteiger partial charge is 0.433 e. The van der Waals surface area contributed by atoms with Crippen molar-refractivity contribution in [2.45, 2.75) is 30.8 Å². The Morgan fingerprint density at radius 1 is 1.07 bits per heavy atom. The van der Waals surface area contributed by atoms with Crippen LogP contribution in [0.1, 0.15) is 38.8 Å². The van der Waals surface area contributed by atoms with Crippen molar-refractivity contribution in [3.8, 4) is 11.8 Å². The van der Waals surface area contributed by atoms with Gasteiger partial charge in [-0.05, 0) is 83.0 Å². The van der Waals surface area contributed by atoms with Crippen LogP contribution in [0.5, 0.6) is 5.75 Å². The number of halogens is 11. The number of anilines is 2. The Balaban J connectivity index is 2.06. The van der Waals surface area contributed by atoms with Crippen LogP contribution < -0.4 is 15.0 Å². The van der Waals surface area contributed by atoms with Crippen LogP contribution in [0.2, 0.25) is 0 Å². The van der Waals surface area contributed by atoms with E-state index in [2.05, 4.69) is 32.3 Å². The summed E-state index contributed by atoms with van der Waals surface area (Å²) in [4.78, 5) is 27.0. The number of alkyl halides is 9. The predicted molar refractivity (Wildman–Crippen MR) is 143 cm³/mol. The summed E-state index contributed by atoms with van der Waals surface area (Å²) in [6, 6.07) is 10.3. The fraction of sp³-hybridized carbons (Fsp3) is 0.222. The first-order valence-electron chi connectivity index (χ1n) is 11.9. The van der Waals surface area contributed by atoms with Gasteiger partial charge in [-0.25, -0.2) is 8.78 Å². The Bertz CT molecular complexity index is 1590. The summed E-state index contributed by atoms with van der Waals surface area (Å²) in [5.41, 5.74) is -9.37. The number of benzene rings is 3. The molecule has 44 heavy (non-hydrogen) atoms. The standard InChI is InChI=1S/C27H16BrClF9N3O3/c1-2-41(23(43)14-8-6-13(12-39)7-9-14)18-5-3-4-16(20(18)30)22(42)40-21-17(28)10-15(11-19(21)44-24(31)32)25(33,26(29,34)35)27(36,37)38/h3-11,24H,2H2,1H3,(H,40,42). The Kier molecular flexibility index (Phi) is 10.2. The lowest BCUT2D eigenvalue weighted by atomic mass is 9.94. The molecule has 1 atom stereocenters. The Morgan fingerprint density at radius 2 is 1.68 bits per heavy atom. The minimum absolute atomic E-state index is 0.0585. The lowest BCUT2D eigenvalue weighted by Gasteiger charge is -2.32. The fourth-order valence-corrected chi connectivity index (χ4v) is 4.69. The summed E-state index contributed by atoms with van der Waals surface area (Å²) in [5, 5.41) is 5.23. The first kappa shape index (κ1) is 34.5. The molecular formula is C27H16BrClF9N3O3. The maximum absolute atomic E-state index is 15.6. The number of nitriles is 1. The summed E-state index contributed by atoms with van der Waals surface area (Å²) in [6.07, 6.45) is -6.35. The number of rotatable bonds is 9. The molecule has 0 radical (unpaired) electrons. The first-order valence-corrected chi connectivity index (χ1v) is 13.1. The van der Waals surface area contributed by atoms with Crippen LogP contribution in [0.25, 0.3) is 0 Å². The van der Waals surface area contributed by atoms with E-state index in [9.17, 15) is 44.7 Å². The summed E-state index contributed by atoms with van der Waals surface area (Å²) in [7, 11) is 0. The third-order valence-electron chi connectivity index (χ3n) is 6.02. The monoisotopic (exact) mass is 715 g/mol. The van der Waals surface area contributed by atoms with Gasteiger partial charge in [0.05, 0.1) is 28.6 Å². The van der Waals surface area contributed by atoms with Gasteiger partial charge in [0, 0.05) is 22.1 Å². The quantitative estimate of drug-likeness (QED) is 0.178. The van der Waals surface area contributed by atoms with Crippen LogP contribution in [-0.2, 0) is 5.67 Å². The number of nitrogens with one attached hydrogen (secondary N) is 1. The van der Waals surface area contributed by atoms with Crippen molar-refractivity contribution in [2.24, 2.45) is 0 Å². The van der Waals surface area contributed by atoms with Crippen molar-refractivity contribution >= 4 is 50.7 Å². The molecular weight excluding hydrogens is 701 g/mol. The van der Waals surface area contributed by atoms with Gasteiger partial charge in [0.15, 0.2) is 11.6 Å². The normalized spacial score (nSPS) is 13.2. The maximum Gasteiger partial charge on any atom is 0.434 e. The van der Waals surface area contributed by atoms with Gasteiger partial charge in [0.25, 0.3) is 11.8 Å². The molecule has 3 rings (SSSR count). The molecule has 0 aromatic heterocycles. The van der Waals surface area contributed by atoms with Gasteiger partial charge in [-0.15, -0.1) is 0 Å². The van der Waals surface area contributed by atoms with E-state index in [1.54, 1.807) is 0 Å². The zero-order valence-corrected chi connectivity index (χ0v) is 24.1. The van der Waals surface area contributed by atoms with Crippen molar-refractivity contribution in [1.29, 1.82) is 5.26 Å². The van der Waals surface area contributed by atoms with E-state index >= 15 is 4.39 Å². The Labute approximate surface area is 256 Å². The highest BCUT2D eigenvalue weighted by Gasteiger charge is 2.72. The van der Waals surface area contributed by atoms with Crippen molar-refractivity contribution in [3.63, 3.8) is 0 Å². The van der Waals surface area contributed by atoms with Crippen LogP contribution in [0.3, 0.4) is 0 Å². The highest BCUT2D eigenvalue weighted by atomic mass is 79.9. The van der Waals surface area contributed by atoms with Gasteiger partial charge in [-0.1, -0.05) is 6.07 Å². The molecule has 0 heterocycles. The van der Waals surface area contributed by atoms with E-state index in [0.717, 1.165) is 23.1 Å². The summed E-state index contributed by atoms with van der Waals surface area (Å²) in [5.74, 6) is -4.84. The summed E-state index contributed by atoms with van der Waals surface area (Å²) in [6.45, 7) is -2.44.